The molecule has 2 aromatic rings. The van der Waals surface area contributed by atoms with Crippen molar-refractivity contribution in [3.05, 3.63) is 58.1 Å². The van der Waals surface area contributed by atoms with Gasteiger partial charge in [0.05, 0.1) is 13.2 Å². The molecule has 1 aliphatic rings. The molecule has 23 heavy (non-hydrogen) atoms. The second kappa shape index (κ2) is 7.84. The number of Topliss-reactive ketones (excluding diaryl/α,β-unsaturated/α-hetero) is 1. The molecule has 5 nitrogen and oxygen atoms in total. The number of ketones is 1. The van der Waals surface area contributed by atoms with Gasteiger partial charge in [-0.15, -0.1) is 0 Å². The molecule has 1 fully saturated rings. The number of hydrogen-bond acceptors (Lipinski definition) is 5. The molecule has 0 bridgehead atoms. The van der Waals surface area contributed by atoms with Crippen LogP contribution < -0.4 is 0 Å². The number of aromatic nitrogens is 2. The van der Waals surface area contributed by atoms with Crippen molar-refractivity contribution >= 4 is 29.0 Å². The van der Waals surface area contributed by atoms with E-state index in [-0.39, 0.29) is 5.78 Å². The highest BCUT2D eigenvalue weighted by atomic mass is 35.5. The fourth-order valence-corrected chi connectivity index (χ4v) is 2.23. The summed E-state index contributed by atoms with van der Waals surface area (Å²) in [4.78, 5) is 18.6. The van der Waals surface area contributed by atoms with Crippen molar-refractivity contribution in [2.24, 2.45) is 0 Å². The SMILES string of the molecule is CC(=O)c1cc(Cl)ccn1.CC1(c2cc(Cl)ccn2)OCCO1. The molecule has 0 saturated carbocycles. The van der Waals surface area contributed by atoms with Crippen LogP contribution in [-0.4, -0.2) is 29.0 Å². The number of rotatable bonds is 2. The van der Waals surface area contributed by atoms with Crippen LogP contribution in [0.1, 0.15) is 30.0 Å². The van der Waals surface area contributed by atoms with E-state index in [1.807, 2.05) is 6.92 Å². The first-order chi connectivity index (χ1) is 10.9. The van der Waals surface area contributed by atoms with Crippen LogP contribution in [0, 0.1) is 0 Å². The van der Waals surface area contributed by atoms with Crippen LogP contribution in [0.15, 0.2) is 36.7 Å². The molecule has 0 spiro atoms. The van der Waals surface area contributed by atoms with E-state index in [2.05, 4.69) is 9.97 Å². The Morgan fingerprint density at radius 3 is 2.13 bits per heavy atom. The first kappa shape index (κ1) is 17.8. The number of carbonyl (C=O) groups excluding carboxylic acids is 1. The third kappa shape index (κ3) is 4.97. The molecule has 3 heterocycles. The van der Waals surface area contributed by atoms with Crippen LogP contribution in [0.5, 0.6) is 0 Å². The molecule has 1 saturated heterocycles. The largest absolute Gasteiger partial charge is 0.342 e. The maximum absolute atomic E-state index is 10.7. The van der Waals surface area contributed by atoms with Gasteiger partial charge >= 0.3 is 0 Å². The lowest BCUT2D eigenvalue weighted by atomic mass is 10.2. The number of halogens is 2. The smallest absolute Gasteiger partial charge is 0.209 e. The first-order valence-electron chi connectivity index (χ1n) is 6.93. The molecule has 3 rings (SSSR count). The Morgan fingerprint density at radius 2 is 1.65 bits per heavy atom. The van der Waals surface area contributed by atoms with E-state index in [0.29, 0.717) is 29.0 Å². The zero-order valence-corrected chi connectivity index (χ0v) is 14.3. The molecular formula is C16H16Cl2N2O3. The van der Waals surface area contributed by atoms with Crippen LogP contribution >= 0.6 is 23.2 Å². The monoisotopic (exact) mass is 354 g/mol. The van der Waals surface area contributed by atoms with Gasteiger partial charge in [0.1, 0.15) is 11.4 Å². The lowest BCUT2D eigenvalue weighted by molar-refractivity contribution is -0.152. The van der Waals surface area contributed by atoms with Gasteiger partial charge in [-0.1, -0.05) is 23.2 Å². The Bertz CT molecular complexity index is 689. The molecule has 0 N–H and O–H groups in total. The summed E-state index contributed by atoms with van der Waals surface area (Å²) in [6.45, 7) is 4.51. The van der Waals surface area contributed by atoms with Gasteiger partial charge in [-0.25, -0.2) is 0 Å². The molecule has 0 unspecified atom stereocenters. The summed E-state index contributed by atoms with van der Waals surface area (Å²) < 4.78 is 10.9. The zero-order chi connectivity index (χ0) is 16.9. The minimum absolute atomic E-state index is 0.0671. The summed E-state index contributed by atoms with van der Waals surface area (Å²) >= 11 is 11.4. The maximum Gasteiger partial charge on any atom is 0.209 e. The predicted molar refractivity (Wildman–Crippen MR) is 87.8 cm³/mol. The summed E-state index contributed by atoms with van der Waals surface area (Å²) in [5.74, 6) is -0.784. The van der Waals surface area contributed by atoms with Crippen molar-refractivity contribution in [3.8, 4) is 0 Å². The van der Waals surface area contributed by atoms with E-state index >= 15 is 0 Å². The van der Waals surface area contributed by atoms with Gasteiger partial charge < -0.3 is 9.47 Å². The maximum atomic E-state index is 10.7. The lowest BCUT2D eigenvalue weighted by Gasteiger charge is -2.21. The molecule has 2 aromatic heterocycles. The third-order valence-corrected chi connectivity index (χ3v) is 3.58. The number of carbonyl (C=O) groups is 1. The van der Waals surface area contributed by atoms with Gasteiger partial charge in [0.25, 0.3) is 0 Å². The Hall–Kier alpha value is -1.53. The van der Waals surface area contributed by atoms with E-state index in [9.17, 15) is 4.79 Å². The van der Waals surface area contributed by atoms with Crippen LogP contribution in [0.25, 0.3) is 0 Å². The van der Waals surface area contributed by atoms with Crippen LogP contribution in [0.4, 0.5) is 0 Å². The Labute approximate surface area is 144 Å². The van der Waals surface area contributed by atoms with E-state index < -0.39 is 5.79 Å². The summed E-state index contributed by atoms with van der Waals surface area (Å²) in [5, 5.41) is 1.19. The highest BCUT2D eigenvalue weighted by Crippen LogP contribution is 2.30. The average Bonchev–Trinajstić information content (AvgIpc) is 2.96. The van der Waals surface area contributed by atoms with Crippen molar-refractivity contribution < 1.29 is 14.3 Å². The minimum atomic E-state index is -0.717. The second-order valence-corrected chi connectivity index (χ2v) is 5.79. The van der Waals surface area contributed by atoms with Gasteiger partial charge in [0.15, 0.2) is 5.78 Å². The summed E-state index contributed by atoms with van der Waals surface area (Å²) in [6.07, 6.45) is 3.16. The van der Waals surface area contributed by atoms with Gasteiger partial charge in [-0.3, -0.25) is 14.8 Å². The topological polar surface area (TPSA) is 61.3 Å². The molecule has 0 atom stereocenters. The molecule has 0 radical (unpaired) electrons. The summed E-state index contributed by atoms with van der Waals surface area (Å²) in [6, 6.07) is 6.66. The molecular weight excluding hydrogens is 339 g/mol. The van der Waals surface area contributed by atoms with Gasteiger partial charge in [-0.2, -0.15) is 0 Å². The quantitative estimate of drug-likeness (QED) is 0.765. The number of hydrogen-bond donors (Lipinski definition) is 0. The van der Waals surface area contributed by atoms with Crippen molar-refractivity contribution in [2.45, 2.75) is 19.6 Å². The Balaban J connectivity index is 0.000000174. The normalized spacial score (nSPS) is 15.7. The van der Waals surface area contributed by atoms with E-state index in [1.54, 1.807) is 30.5 Å². The number of nitrogens with zero attached hydrogens (tertiary/aromatic N) is 2. The molecule has 0 amide bonds. The number of ether oxygens (including phenoxy) is 2. The first-order valence-corrected chi connectivity index (χ1v) is 7.69. The van der Waals surface area contributed by atoms with Gasteiger partial charge in [0.2, 0.25) is 5.79 Å². The van der Waals surface area contributed by atoms with Gasteiger partial charge in [0, 0.05) is 29.4 Å². The highest BCUT2D eigenvalue weighted by molar-refractivity contribution is 6.31. The number of pyridine rings is 2. The fraction of sp³-hybridized carbons (Fsp3) is 0.312. The summed E-state index contributed by atoms with van der Waals surface area (Å²) in [5.41, 5.74) is 1.13. The van der Waals surface area contributed by atoms with Crippen molar-refractivity contribution in [3.63, 3.8) is 0 Å². The molecule has 1 aliphatic heterocycles. The molecule has 0 aromatic carbocycles. The van der Waals surface area contributed by atoms with E-state index in [1.165, 1.54) is 13.1 Å². The molecule has 0 aliphatic carbocycles. The minimum Gasteiger partial charge on any atom is -0.342 e. The van der Waals surface area contributed by atoms with E-state index in [0.717, 1.165) is 5.69 Å². The predicted octanol–water partition coefficient (Wildman–Crippen LogP) is 3.89. The third-order valence-electron chi connectivity index (χ3n) is 3.11. The van der Waals surface area contributed by atoms with Crippen LogP contribution in [0.3, 0.4) is 0 Å². The Kier molecular flexibility index (Phi) is 6.07. The Morgan fingerprint density at radius 1 is 1.09 bits per heavy atom. The summed E-state index contributed by atoms with van der Waals surface area (Å²) in [7, 11) is 0. The van der Waals surface area contributed by atoms with Gasteiger partial charge in [-0.05, 0) is 31.2 Å². The van der Waals surface area contributed by atoms with Crippen LogP contribution in [0.2, 0.25) is 10.0 Å². The van der Waals surface area contributed by atoms with Crippen LogP contribution in [-0.2, 0) is 15.3 Å². The van der Waals surface area contributed by atoms with E-state index in [4.69, 9.17) is 32.7 Å². The second-order valence-electron chi connectivity index (χ2n) is 4.92. The lowest BCUT2D eigenvalue weighted by Crippen LogP contribution is -2.23. The van der Waals surface area contributed by atoms with Crippen molar-refractivity contribution in [1.29, 1.82) is 0 Å². The molecule has 122 valence electrons. The average molecular weight is 355 g/mol. The molecule has 7 heteroatoms. The highest BCUT2D eigenvalue weighted by Gasteiger charge is 2.34. The van der Waals surface area contributed by atoms with Crippen molar-refractivity contribution in [2.75, 3.05) is 13.2 Å². The standard InChI is InChI=1S/C9H10ClNO2.C7H6ClNO/c1-9(12-4-5-13-9)8-6-7(10)2-3-11-8;1-5(10)7-4-6(8)2-3-9-7/h2-3,6H,4-5H2,1H3;2-4H,1H3. The fourth-order valence-electron chi connectivity index (χ4n) is 1.91. The zero-order valence-electron chi connectivity index (χ0n) is 12.8. The van der Waals surface area contributed by atoms with Crippen molar-refractivity contribution in [1.82, 2.24) is 9.97 Å².